The van der Waals surface area contributed by atoms with E-state index in [0.29, 0.717) is 18.0 Å². The van der Waals surface area contributed by atoms with E-state index in [1.54, 1.807) is 32.6 Å². The third-order valence-electron chi connectivity index (χ3n) is 4.99. The summed E-state index contributed by atoms with van der Waals surface area (Å²) in [5.74, 6) is 1.13. The molecular formula is C22H27ClN4O3. The summed E-state index contributed by atoms with van der Waals surface area (Å²) in [6, 6.07) is 13.4. The van der Waals surface area contributed by atoms with Crippen molar-refractivity contribution in [3.63, 3.8) is 0 Å². The van der Waals surface area contributed by atoms with Crippen molar-refractivity contribution >= 4 is 23.7 Å². The van der Waals surface area contributed by atoms with E-state index in [2.05, 4.69) is 26.4 Å². The summed E-state index contributed by atoms with van der Waals surface area (Å²) in [5, 5.41) is 4.84. The van der Waals surface area contributed by atoms with Crippen LogP contribution in [0.3, 0.4) is 0 Å². The molecule has 1 fully saturated rings. The number of hydrazone groups is 1. The average Bonchev–Trinajstić information content (AvgIpc) is 2.76. The molecule has 1 aliphatic rings. The second-order valence-electron chi connectivity index (χ2n) is 7.05. The third kappa shape index (κ3) is 6.19. The zero-order valence-electron chi connectivity index (χ0n) is 17.3. The number of nitrogens with zero attached hydrogens (tertiary/aromatic N) is 3. The molecule has 1 aliphatic heterocycles. The lowest BCUT2D eigenvalue weighted by molar-refractivity contribution is -0.122. The van der Waals surface area contributed by atoms with E-state index in [1.165, 1.54) is 0 Å². The van der Waals surface area contributed by atoms with Crippen molar-refractivity contribution in [1.82, 2.24) is 15.2 Å². The standard InChI is InChI=1S/C22H27ClN4O3/c1-29-20-8-7-17(13-21(20)30-2)14-24-25-22(28)16-27-11-9-26(10-12-27)15-18-5-3-4-6-19(18)23/h3-8,13-14H,9-12,15-16H2,1-2H3,(H,25,28)/b24-14-. The predicted octanol–water partition coefficient (Wildman–Crippen LogP) is 2.63. The summed E-state index contributed by atoms with van der Waals surface area (Å²) in [7, 11) is 3.16. The van der Waals surface area contributed by atoms with Crippen LogP contribution >= 0.6 is 11.6 Å². The molecule has 0 atom stereocenters. The van der Waals surface area contributed by atoms with Crippen LogP contribution in [0, 0.1) is 0 Å². The normalized spacial score (nSPS) is 15.3. The first-order chi connectivity index (χ1) is 14.6. The number of hydrogen-bond acceptors (Lipinski definition) is 6. The Bertz CT molecular complexity index is 882. The van der Waals surface area contributed by atoms with E-state index in [-0.39, 0.29) is 5.91 Å². The summed E-state index contributed by atoms with van der Waals surface area (Å²) < 4.78 is 10.5. The molecule has 0 bridgehead atoms. The predicted molar refractivity (Wildman–Crippen MR) is 118 cm³/mol. The largest absolute Gasteiger partial charge is 0.493 e. The Hall–Kier alpha value is -2.61. The Morgan fingerprint density at radius 2 is 1.77 bits per heavy atom. The zero-order chi connectivity index (χ0) is 21.3. The Kier molecular flexibility index (Phi) is 8.07. The molecule has 1 heterocycles. The van der Waals surface area contributed by atoms with Crippen LogP contribution in [0.2, 0.25) is 5.02 Å². The molecule has 7 nitrogen and oxygen atoms in total. The summed E-state index contributed by atoms with van der Waals surface area (Å²) in [6.07, 6.45) is 1.58. The van der Waals surface area contributed by atoms with Gasteiger partial charge in [0.05, 0.1) is 27.0 Å². The van der Waals surface area contributed by atoms with E-state index in [1.807, 2.05) is 24.3 Å². The first-order valence-electron chi connectivity index (χ1n) is 9.81. The van der Waals surface area contributed by atoms with Crippen molar-refractivity contribution in [2.45, 2.75) is 6.54 Å². The van der Waals surface area contributed by atoms with Crippen molar-refractivity contribution in [3.05, 3.63) is 58.6 Å². The molecule has 0 aromatic heterocycles. The lowest BCUT2D eigenvalue weighted by Crippen LogP contribution is -2.48. The number of amides is 1. The van der Waals surface area contributed by atoms with Crippen molar-refractivity contribution in [1.29, 1.82) is 0 Å². The highest BCUT2D eigenvalue weighted by molar-refractivity contribution is 6.31. The van der Waals surface area contributed by atoms with Gasteiger partial charge in [0.25, 0.3) is 5.91 Å². The molecule has 3 rings (SSSR count). The maximum Gasteiger partial charge on any atom is 0.254 e. The van der Waals surface area contributed by atoms with Gasteiger partial charge in [0, 0.05) is 37.7 Å². The SMILES string of the molecule is COc1ccc(/C=N\NC(=O)CN2CCN(Cc3ccccc3Cl)CC2)cc1OC. The third-order valence-corrected chi connectivity index (χ3v) is 5.36. The van der Waals surface area contributed by atoms with Crippen molar-refractivity contribution in [2.24, 2.45) is 5.10 Å². The first kappa shape index (κ1) is 22.1. The lowest BCUT2D eigenvalue weighted by atomic mass is 10.2. The van der Waals surface area contributed by atoms with Crippen LogP contribution in [0.4, 0.5) is 0 Å². The fourth-order valence-corrected chi connectivity index (χ4v) is 3.52. The summed E-state index contributed by atoms with van der Waals surface area (Å²) in [6.45, 7) is 4.61. The smallest absolute Gasteiger partial charge is 0.254 e. The monoisotopic (exact) mass is 430 g/mol. The second kappa shape index (κ2) is 11.0. The van der Waals surface area contributed by atoms with Gasteiger partial charge in [0.2, 0.25) is 0 Å². The van der Waals surface area contributed by atoms with E-state index < -0.39 is 0 Å². The fraction of sp³-hybridized carbons (Fsp3) is 0.364. The number of rotatable bonds is 8. The molecule has 30 heavy (non-hydrogen) atoms. The maximum absolute atomic E-state index is 12.2. The second-order valence-corrected chi connectivity index (χ2v) is 7.46. The molecule has 0 radical (unpaired) electrons. The topological polar surface area (TPSA) is 66.4 Å². The molecule has 1 saturated heterocycles. The summed E-state index contributed by atoms with van der Waals surface area (Å²) in [5.41, 5.74) is 4.53. The number of nitrogens with one attached hydrogen (secondary N) is 1. The van der Waals surface area contributed by atoms with Crippen LogP contribution in [-0.2, 0) is 11.3 Å². The molecule has 0 unspecified atom stereocenters. The molecule has 1 amide bonds. The van der Waals surface area contributed by atoms with E-state index in [4.69, 9.17) is 21.1 Å². The van der Waals surface area contributed by atoms with Gasteiger partial charge in [-0.05, 0) is 35.4 Å². The zero-order valence-corrected chi connectivity index (χ0v) is 18.1. The molecule has 2 aromatic carbocycles. The highest BCUT2D eigenvalue weighted by Gasteiger charge is 2.19. The maximum atomic E-state index is 12.2. The van der Waals surface area contributed by atoms with Gasteiger partial charge in [0.1, 0.15) is 0 Å². The Balaban J connectivity index is 1.42. The lowest BCUT2D eigenvalue weighted by Gasteiger charge is -2.34. The molecule has 0 spiro atoms. The van der Waals surface area contributed by atoms with E-state index >= 15 is 0 Å². The van der Waals surface area contributed by atoms with Gasteiger partial charge in [-0.1, -0.05) is 29.8 Å². The Morgan fingerprint density at radius 3 is 2.47 bits per heavy atom. The van der Waals surface area contributed by atoms with E-state index in [0.717, 1.165) is 48.9 Å². The van der Waals surface area contributed by atoms with Crippen LogP contribution in [0.5, 0.6) is 11.5 Å². The van der Waals surface area contributed by atoms with Gasteiger partial charge in [-0.25, -0.2) is 5.43 Å². The molecular weight excluding hydrogens is 404 g/mol. The number of carbonyl (C=O) groups excluding carboxylic acids is 1. The van der Waals surface area contributed by atoms with Gasteiger partial charge in [-0.15, -0.1) is 0 Å². The number of halogens is 1. The number of hydrogen-bond donors (Lipinski definition) is 1. The van der Waals surface area contributed by atoms with Crippen LogP contribution < -0.4 is 14.9 Å². The van der Waals surface area contributed by atoms with Crippen molar-refractivity contribution < 1.29 is 14.3 Å². The minimum Gasteiger partial charge on any atom is -0.493 e. The number of carbonyl (C=O) groups is 1. The first-order valence-corrected chi connectivity index (χ1v) is 10.2. The molecule has 1 N–H and O–H groups in total. The molecule has 160 valence electrons. The van der Waals surface area contributed by atoms with Crippen LogP contribution in [0.25, 0.3) is 0 Å². The molecule has 0 saturated carbocycles. The number of benzene rings is 2. The average molecular weight is 431 g/mol. The van der Waals surface area contributed by atoms with Gasteiger partial charge in [-0.2, -0.15) is 5.10 Å². The molecule has 8 heteroatoms. The number of piperazine rings is 1. The Morgan fingerprint density at radius 1 is 1.07 bits per heavy atom. The van der Waals surface area contributed by atoms with Crippen LogP contribution in [-0.4, -0.2) is 68.9 Å². The fourth-order valence-electron chi connectivity index (χ4n) is 3.32. The minimum atomic E-state index is -0.133. The quantitative estimate of drug-likeness (QED) is 0.515. The molecule has 2 aromatic rings. The van der Waals surface area contributed by atoms with Gasteiger partial charge in [0.15, 0.2) is 11.5 Å². The van der Waals surface area contributed by atoms with Gasteiger partial charge >= 0.3 is 0 Å². The van der Waals surface area contributed by atoms with Gasteiger partial charge in [-0.3, -0.25) is 14.6 Å². The van der Waals surface area contributed by atoms with Crippen LogP contribution in [0.1, 0.15) is 11.1 Å². The highest BCUT2D eigenvalue weighted by atomic mass is 35.5. The number of methoxy groups -OCH3 is 2. The summed E-state index contributed by atoms with van der Waals surface area (Å²) in [4.78, 5) is 16.7. The molecule has 0 aliphatic carbocycles. The van der Waals surface area contributed by atoms with E-state index in [9.17, 15) is 4.79 Å². The van der Waals surface area contributed by atoms with Crippen molar-refractivity contribution in [2.75, 3.05) is 46.9 Å². The van der Waals surface area contributed by atoms with Crippen LogP contribution in [0.15, 0.2) is 47.6 Å². The number of ether oxygens (including phenoxy) is 2. The Labute approximate surface area is 182 Å². The minimum absolute atomic E-state index is 0.133. The highest BCUT2D eigenvalue weighted by Crippen LogP contribution is 2.26. The summed E-state index contributed by atoms with van der Waals surface area (Å²) >= 11 is 6.25. The van der Waals surface area contributed by atoms with Gasteiger partial charge < -0.3 is 9.47 Å². The van der Waals surface area contributed by atoms with Crippen molar-refractivity contribution in [3.8, 4) is 11.5 Å².